The molecule has 196 valence electrons. The largest absolute Gasteiger partial charge is 0.382 e. The third kappa shape index (κ3) is 6.66. The standard InChI is InChI=1S/C26H29Cl2N5O4/c1-31(2)12-4-11-26(17-29,19-5-7-20(27)8-6-19)22-10-9-21(15-23(22)28)33-25(35)32(24(34)16-30-33)18-37-14-13-36-3/h5-10,15-16H,4,11-14,18H2,1-3H3. The van der Waals surface area contributed by atoms with Gasteiger partial charge in [-0.05, 0) is 68.9 Å². The van der Waals surface area contributed by atoms with Crippen molar-refractivity contribution in [3.63, 3.8) is 0 Å². The van der Waals surface area contributed by atoms with E-state index in [0.717, 1.165) is 34.0 Å². The summed E-state index contributed by atoms with van der Waals surface area (Å²) in [6.07, 6.45) is 2.30. The van der Waals surface area contributed by atoms with E-state index in [1.54, 1.807) is 30.3 Å². The monoisotopic (exact) mass is 545 g/mol. The predicted octanol–water partition coefficient (Wildman–Crippen LogP) is 3.47. The molecular formula is C26H29Cl2N5O4. The lowest BCUT2D eigenvalue weighted by atomic mass is 9.72. The van der Waals surface area contributed by atoms with E-state index in [2.05, 4.69) is 16.1 Å². The quantitative estimate of drug-likeness (QED) is 0.321. The molecule has 3 aromatic rings. The van der Waals surface area contributed by atoms with Gasteiger partial charge < -0.3 is 14.4 Å². The van der Waals surface area contributed by atoms with Crippen LogP contribution in [0.5, 0.6) is 0 Å². The molecule has 9 nitrogen and oxygen atoms in total. The van der Waals surface area contributed by atoms with E-state index < -0.39 is 16.7 Å². The minimum atomic E-state index is -1.04. The van der Waals surface area contributed by atoms with E-state index in [-0.39, 0.29) is 13.3 Å². The molecular weight excluding hydrogens is 517 g/mol. The predicted molar refractivity (Wildman–Crippen MR) is 143 cm³/mol. The van der Waals surface area contributed by atoms with Gasteiger partial charge in [0.05, 0.1) is 25.0 Å². The van der Waals surface area contributed by atoms with Crippen molar-refractivity contribution in [2.45, 2.75) is 25.0 Å². The number of nitriles is 1. The number of hydrogen-bond acceptors (Lipinski definition) is 7. The third-order valence-electron chi connectivity index (χ3n) is 5.96. The SMILES string of the molecule is COCCOCn1c(=O)cnn(-c2ccc(C(C#N)(CCCN(C)C)c3ccc(Cl)cc3)c(Cl)c2)c1=O. The van der Waals surface area contributed by atoms with Crippen LogP contribution in [0.2, 0.25) is 10.0 Å². The van der Waals surface area contributed by atoms with Crippen LogP contribution in [-0.2, 0) is 21.6 Å². The molecule has 0 spiro atoms. The zero-order valence-corrected chi connectivity index (χ0v) is 22.5. The zero-order chi connectivity index (χ0) is 27.0. The summed E-state index contributed by atoms with van der Waals surface area (Å²) in [4.78, 5) is 27.3. The average molecular weight is 546 g/mol. The first-order chi connectivity index (χ1) is 17.7. The van der Waals surface area contributed by atoms with Crippen LogP contribution in [-0.4, -0.2) is 60.2 Å². The fourth-order valence-electron chi connectivity index (χ4n) is 4.02. The van der Waals surface area contributed by atoms with Gasteiger partial charge in [0.1, 0.15) is 18.3 Å². The summed E-state index contributed by atoms with van der Waals surface area (Å²) in [5.74, 6) is 0. The molecule has 1 aromatic heterocycles. The highest BCUT2D eigenvalue weighted by Gasteiger charge is 2.36. The van der Waals surface area contributed by atoms with Crippen molar-refractivity contribution in [2.24, 2.45) is 0 Å². The van der Waals surface area contributed by atoms with E-state index in [9.17, 15) is 14.9 Å². The van der Waals surface area contributed by atoms with Gasteiger partial charge in [-0.3, -0.25) is 4.79 Å². The molecule has 3 rings (SSSR count). The Hall–Kier alpha value is -3.00. The second-order valence-corrected chi connectivity index (χ2v) is 9.57. The van der Waals surface area contributed by atoms with Crippen LogP contribution >= 0.6 is 23.2 Å². The van der Waals surface area contributed by atoms with Crippen molar-refractivity contribution in [2.75, 3.05) is 41.0 Å². The molecule has 0 bridgehead atoms. The minimum Gasteiger partial charge on any atom is -0.382 e. The first-order valence-corrected chi connectivity index (χ1v) is 12.4. The van der Waals surface area contributed by atoms with Crippen LogP contribution in [0.3, 0.4) is 0 Å². The van der Waals surface area contributed by atoms with Gasteiger partial charge in [0.25, 0.3) is 5.56 Å². The molecule has 0 fully saturated rings. The van der Waals surface area contributed by atoms with Crippen molar-refractivity contribution >= 4 is 23.2 Å². The topological polar surface area (TPSA) is 102 Å². The van der Waals surface area contributed by atoms with Crippen LogP contribution in [0.15, 0.2) is 58.3 Å². The molecule has 0 aliphatic heterocycles. The molecule has 1 atom stereocenters. The molecule has 0 saturated carbocycles. The molecule has 11 heteroatoms. The maximum atomic E-state index is 13.0. The van der Waals surface area contributed by atoms with E-state index in [4.69, 9.17) is 32.7 Å². The van der Waals surface area contributed by atoms with Crippen molar-refractivity contribution < 1.29 is 9.47 Å². The number of halogens is 2. The second kappa shape index (κ2) is 13.0. The van der Waals surface area contributed by atoms with Crippen molar-refractivity contribution in [1.29, 1.82) is 5.26 Å². The highest BCUT2D eigenvalue weighted by molar-refractivity contribution is 6.32. The Labute approximate surface area is 225 Å². The van der Waals surface area contributed by atoms with Gasteiger partial charge >= 0.3 is 5.69 Å². The second-order valence-electron chi connectivity index (χ2n) is 8.73. The maximum absolute atomic E-state index is 13.0. The number of aromatic nitrogens is 3. The van der Waals surface area contributed by atoms with Crippen LogP contribution < -0.4 is 11.2 Å². The Morgan fingerprint density at radius 1 is 1.11 bits per heavy atom. The molecule has 2 aromatic carbocycles. The Kier molecular flexibility index (Phi) is 10.0. The molecule has 0 aliphatic carbocycles. The lowest BCUT2D eigenvalue weighted by molar-refractivity contribution is 0.0300. The average Bonchev–Trinajstić information content (AvgIpc) is 2.87. The Morgan fingerprint density at radius 3 is 2.46 bits per heavy atom. The summed E-state index contributed by atoms with van der Waals surface area (Å²) in [7, 11) is 5.48. The highest BCUT2D eigenvalue weighted by Crippen LogP contribution is 2.41. The van der Waals surface area contributed by atoms with Crippen molar-refractivity contribution in [1.82, 2.24) is 19.2 Å². The van der Waals surface area contributed by atoms with Gasteiger partial charge in [0.2, 0.25) is 0 Å². The van der Waals surface area contributed by atoms with Crippen LogP contribution in [0.25, 0.3) is 5.69 Å². The first kappa shape index (κ1) is 28.6. The summed E-state index contributed by atoms with van der Waals surface area (Å²) < 4.78 is 12.3. The lowest BCUT2D eigenvalue weighted by Crippen LogP contribution is -2.41. The van der Waals surface area contributed by atoms with Crippen molar-refractivity contribution in [3.8, 4) is 11.8 Å². The van der Waals surface area contributed by atoms with Gasteiger partial charge in [-0.25, -0.2) is 9.36 Å². The van der Waals surface area contributed by atoms with Gasteiger partial charge in [-0.2, -0.15) is 15.0 Å². The number of rotatable bonds is 12. The lowest BCUT2D eigenvalue weighted by Gasteiger charge is -2.30. The van der Waals surface area contributed by atoms with Gasteiger partial charge in [-0.15, -0.1) is 0 Å². The van der Waals surface area contributed by atoms with Gasteiger partial charge in [-0.1, -0.05) is 41.4 Å². The van der Waals surface area contributed by atoms with Gasteiger partial charge in [0.15, 0.2) is 0 Å². The fraction of sp³-hybridized carbons (Fsp3) is 0.385. The number of benzene rings is 2. The van der Waals surface area contributed by atoms with Gasteiger partial charge in [0, 0.05) is 17.2 Å². The molecule has 1 heterocycles. The number of hydrogen-bond donors (Lipinski definition) is 0. The molecule has 1 unspecified atom stereocenters. The zero-order valence-electron chi connectivity index (χ0n) is 21.0. The van der Waals surface area contributed by atoms with E-state index in [0.29, 0.717) is 34.3 Å². The maximum Gasteiger partial charge on any atom is 0.354 e. The third-order valence-corrected chi connectivity index (χ3v) is 6.52. The summed E-state index contributed by atoms with van der Waals surface area (Å²) in [6, 6.07) is 14.6. The Balaban J connectivity index is 2.04. The van der Waals surface area contributed by atoms with Crippen LogP contribution in [0.1, 0.15) is 24.0 Å². The van der Waals surface area contributed by atoms with Crippen LogP contribution in [0.4, 0.5) is 0 Å². The number of methoxy groups -OCH3 is 1. The Morgan fingerprint density at radius 2 is 1.84 bits per heavy atom. The summed E-state index contributed by atoms with van der Waals surface area (Å²) in [5.41, 5.74) is -0.587. The molecule has 0 N–H and O–H groups in total. The first-order valence-electron chi connectivity index (χ1n) is 11.6. The Bertz CT molecular complexity index is 1370. The van der Waals surface area contributed by atoms with Crippen LogP contribution in [0, 0.1) is 11.3 Å². The minimum absolute atomic E-state index is 0.222. The molecule has 0 saturated heterocycles. The molecule has 37 heavy (non-hydrogen) atoms. The normalized spacial score (nSPS) is 12.9. The number of nitrogens with zero attached hydrogens (tertiary/aromatic N) is 5. The summed E-state index contributed by atoms with van der Waals surface area (Å²) in [5, 5.41) is 15.3. The molecule has 0 radical (unpaired) electrons. The van der Waals surface area contributed by atoms with E-state index in [1.807, 2.05) is 26.2 Å². The molecule has 0 aliphatic rings. The van der Waals surface area contributed by atoms with Crippen molar-refractivity contribution in [3.05, 3.63) is 90.7 Å². The highest BCUT2D eigenvalue weighted by atomic mass is 35.5. The van der Waals surface area contributed by atoms with E-state index in [1.165, 1.54) is 7.11 Å². The number of ether oxygens (including phenoxy) is 2. The summed E-state index contributed by atoms with van der Waals surface area (Å²) in [6.45, 7) is 1.10. The molecule has 0 amide bonds. The smallest absolute Gasteiger partial charge is 0.354 e. The fourth-order valence-corrected chi connectivity index (χ4v) is 4.48. The van der Waals surface area contributed by atoms with E-state index >= 15 is 0 Å². The summed E-state index contributed by atoms with van der Waals surface area (Å²) >= 11 is 12.9.